The lowest BCUT2D eigenvalue weighted by Gasteiger charge is -2.43. The van der Waals surface area contributed by atoms with Crippen molar-refractivity contribution in [1.29, 1.82) is 0 Å². The zero-order valence-corrected chi connectivity index (χ0v) is 39.3. The molecular weight excluding hydrogens is 1010 g/mol. The van der Waals surface area contributed by atoms with E-state index >= 15 is 0 Å². The maximum absolute atomic E-state index is 12.4. The Morgan fingerprint density at radius 3 is 1.52 bits per heavy atom. The van der Waals surface area contributed by atoms with E-state index in [4.69, 9.17) is 27.9 Å². The number of rotatable bonds is 3. The van der Waals surface area contributed by atoms with E-state index in [0.717, 1.165) is 108 Å². The highest BCUT2D eigenvalue weighted by atomic mass is 79.9. The number of hydrogen-bond acceptors (Lipinski definition) is 5. The average Bonchev–Trinajstić information content (AvgIpc) is 3.36. The standard InChI is InChI=1S/C23H24Br2ClNO3.C21H22Br2ClNO/c1-2-30-22(28)27-9-7-16(8-10-27)23(29)19-6-5-17(24)11-14(19)3-4-15-12-18(26)13-20(25)21(15)23;1-25-8-6-15(7-9-25)21(26)18-5-4-16(22)10-13(18)2-3-14-11-17(24)12-19(23)20(14)21/h5-6,11-13,16,29H,2-4,7-10H2,1H3;4-5,10-12,15,26H,2-3,6-9H2,1H3. The van der Waals surface area contributed by atoms with Gasteiger partial charge in [0.25, 0.3) is 0 Å². The Balaban J connectivity index is 0.000000173. The molecule has 8 rings (SSSR count). The third-order valence-corrected chi connectivity index (χ3v) is 14.9. The molecule has 0 saturated carbocycles. The van der Waals surface area contributed by atoms with Gasteiger partial charge in [0.15, 0.2) is 0 Å². The fraction of sp³-hybridized carbons (Fsp3) is 0.432. The molecule has 298 valence electrons. The number of aliphatic hydroxyl groups is 2. The fourth-order valence-corrected chi connectivity index (χ4v) is 12.7. The summed E-state index contributed by atoms with van der Waals surface area (Å²) in [6.07, 6.45) is 6.50. The highest BCUT2D eigenvalue weighted by Gasteiger charge is 2.48. The van der Waals surface area contributed by atoms with E-state index in [-0.39, 0.29) is 17.9 Å². The van der Waals surface area contributed by atoms with Crippen molar-refractivity contribution in [3.05, 3.63) is 133 Å². The van der Waals surface area contributed by atoms with Crippen LogP contribution < -0.4 is 0 Å². The Hall–Kier alpha value is -1.47. The molecule has 2 heterocycles. The number of carbonyl (C=O) groups excluding carboxylic acids is 1. The van der Waals surface area contributed by atoms with Gasteiger partial charge < -0.3 is 24.7 Å². The second kappa shape index (κ2) is 17.6. The number of ether oxygens (including phenoxy) is 1. The summed E-state index contributed by atoms with van der Waals surface area (Å²) in [5.74, 6) is 0.158. The number of hydrogen-bond donors (Lipinski definition) is 2. The molecule has 2 fully saturated rings. The molecule has 2 N–H and O–H groups in total. The SMILES string of the molecule is CCOC(=O)N1CCC(C2(O)c3ccc(Br)cc3CCc3cc(Cl)cc(Br)c32)CC1.CN1CCC(C2(O)c3ccc(Br)cc3CCc3cc(Cl)cc(Br)c32)CC1. The molecular formula is C44H46Br4Cl2N2O4. The second-order valence-electron chi connectivity index (χ2n) is 15.5. The van der Waals surface area contributed by atoms with Crippen LogP contribution in [0.15, 0.2) is 78.6 Å². The number of nitrogens with zero attached hydrogens (tertiary/aromatic N) is 2. The molecule has 0 spiro atoms. The second-order valence-corrected chi connectivity index (χ2v) is 19.9. The van der Waals surface area contributed by atoms with Gasteiger partial charge in [0.1, 0.15) is 11.2 Å². The Kier molecular flexibility index (Phi) is 13.4. The van der Waals surface area contributed by atoms with Crippen LogP contribution >= 0.6 is 86.9 Å². The fourth-order valence-electron chi connectivity index (χ4n) is 9.56. The van der Waals surface area contributed by atoms with Gasteiger partial charge in [0.05, 0.1) is 6.61 Å². The van der Waals surface area contributed by atoms with Gasteiger partial charge in [-0.1, -0.05) is 99.1 Å². The van der Waals surface area contributed by atoms with Crippen molar-refractivity contribution in [1.82, 2.24) is 9.80 Å². The molecule has 0 aromatic heterocycles. The maximum Gasteiger partial charge on any atom is 0.409 e. The summed E-state index contributed by atoms with van der Waals surface area (Å²) in [5, 5.41) is 26.1. The van der Waals surface area contributed by atoms with Crippen LogP contribution in [0.1, 0.15) is 77.1 Å². The third kappa shape index (κ3) is 8.31. The highest BCUT2D eigenvalue weighted by Crippen LogP contribution is 2.51. The van der Waals surface area contributed by atoms with E-state index in [0.29, 0.717) is 42.6 Å². The first-order valence-corrected chi connectivity index (χ1v) is 23.3. The number of aryl methyl sites for hydroxylation is 4. The van der Waals surface area contributed by atoms with Crippen molar-refractivity contribution < 1.29 is 19.7 Å². The molecule has 1 amide bonds. The van der Waals surface area contributed by atoms with Gasteiger partial charge in [-0.05, 0) is 172 Å². The number of halogens is 6. The van der Waals surface area contributed by atoms with Gasteiger partial charge in [0, 0.05) is 52.2 Å². The van der Waals surface area contributed by atoms with E-state index in [1.54, 1.807) is 4.90 Å². The lowest BCUT2D eigenvalue weighted by atomic mass is 9.70. The number of piperidine rings is 2. The predicted molar refractivity (Wildman–Crippen MR) is 239 cm³/mol. The Labute approximate surface area is 373 Å². The maximum atomic E-state index is 12.4. The number of benzene rings is 4. The summed E-state index contributed by atoms with van der Waals surface area (Å²) in [6, 6.07) is 20.2. The van der Waals surface area contributed by atoms with Gasteiger partial charge in [-0.15, -0.1) is 0 Å². The van der Waals surface area contributed by atoms with E-state index in [2.05, 4.69) is 93.9 Å². The molecule has 4 aliphatic rings. The number of amides is 1. The largest absolute Gasteiger partial charge is 0.450 e. The van der Waals surface area contributed by atoms with Crippen molar-refractivity contribution in [3.8, 4) is 0 Å². The van der Waals surface area contributed by atoms with Crippen LogP contribution in [0.2, 0.25) is 10.0 Å². The molecule has 0 radical (unpaired) electrons. The summed E-state index contributed by atoms with van der Waals surface area (Å²) in [7, 11) is 2.15. The van der Waals surface area contributed by atoms with E-state index < -0.39 is 11.2 Å². The van der Waals surface area contributed by atoms with Crippen molar-refractivity contribution in [3.63, 3.8) is 0 Å². The topological polar surface area (TPSA) is 73.2 Å². The summed E-state index contributed by atoms with van der Waals surface area (Å²) in [5.41, 5.74) is 6.34. The van der Waals surface area contributed by atoms with Crippen LogP contribution in [0.4, 0.5) is 4.79 Å². The molecule has 2 aliphatic carbocycles. The van der Waals surface area contributed by atoms with E-state index in [9.17, 15) is 15.0 Å². The normalized spacial score (nSPS) is 22.7. The molecule has 2 atom stereocenters. The molecule has 2 aliphatic heterocycles. The van der Waals surface area contributed by atoms with Gasteiger partial charge >= 0.3 is 6.09 Å². The molecule has 0 bridgehead atoms. The molecule has 2 unspecified atom stereocenters. The summed E-state index contributed by atoms with van der Waals surface area (Å²) >= 11 is 27.3. The summed E-state index contributed by atoms with van der Waals surface area (Å²) in [4.78, 5) is 16.2. The lowest BCUT2D eigenvalue weighted by Crippen LogP contribution is -2.46. The first-order chi connectivity index (χ1) is 26.7. The van der Waals surface area contributed by atoms with Crippen LogP contribution in [0.3, 0.4) is 0 Å². The number of fused-ring (bicyclic) bond motifs is 4. The van der Waals surface area contributed by atoms with Crippen molar-refractivity contribution in [2.24, 2.45) is 11.8 Å². The van der Waals surface area contributed by atoms with Crippen LogP contribution in [0.25, 0.3) is 0 Å². The Morgan fingerprint density at radius 1 is 0.679 bits per heavy atom. The van der Waals surface area contributed by atoms with Gasteiger partial charge in [-0.25, -0.2) is 4.79 Å². The van der Waals surface area contributed by atoms with Crippen LogP contribution in [-0.2, 0) is 41.6 Å². The van der Waals surface area contributed by atoms with E-state index in [1.807, 2.05) is 49.4 Å². The first kappa shape index (κ1) is 42.6. The Morgan fingerprint density at radius 2 is 1.09 bits per heavy atom. The zero-order valence-electron chi connectivity index (χ0n) is 31.5. The first-order valence-electron chi connectivity index (χ1n) is 19.3. The van der Waals surface area contributed by atoms with Crippen molar-refractivity contribution in [2.45, 2.75) is 69.5 Å². The minimum Gasteiger partial charge on any atom is -0.450 e. The van der Waals surface area contributed by atoms with Gasteiger partial charge in [-0.3, -0.25) is 0 Å². The minimum absolute atomic E-state index is 0.0302. The quantitative estimate of drug-likeness (QED) is 0.214. The average molecular weight is 1060 g/mol. The van der Waals surface area contributed by atoms with Crippen LogP contribution in [0, 0.1) is 11.8 Å². The highest BCUT2D eigenvalue weighted by molar-refractivity contribution is 9.11. The third-order valence-electron chi connectivity index (χ3n) is 12.2. The van der Waals surface area contributed by atoms with Crippen LogP contribution in [-0.4, -0.2) is 65.9 Å². The molecule has 12 heteroatoms. The smallest absolute Gasteiger partial charge is 0.409 e. The number of likely N-dealkylation sites (tertiary alicyclic amines) is 2. The zero-order chi connectivity index (χ0) is 39.9. The van der Waals surface area contributed by atoms with Crippen molar-refractivity contribution >= 4 is 93.0 Å². The Bertz CT molecular complexity index is 2120. The molecule has 4 aromatic rings. The van der Waals surface area contributed by atoms with Gasteiger partial charge in [0.2, 0.25) is 0 Å². The summed E-state index contributed by atoms with van der Waals surface area (Å²) < 4.78 is 8.97. The monoisotopic (exact) mass is 1050 g/mol. The summed E-state index contributed by atoms with van der Waals surface area (Å²) in [6.45, 7) is 5.34. The minimum atomic E-state index is -1.16. The van der Waals surface area contributed by atoms with Gasteiger partial charge in [-0.2, -0.15) is 0 Å². The predicted octanol–water partition coefficient (Wildman–Crippen LogP) is 11.6. The number of carbonyl (C=O) groups is 1. The lowest BCUT2D eigenvalue weighted by molar-refractivity contribution is -0.0151. The van der Waals surface area contributed by atoms with Crippen molar-refractivity contribution in [2.75, 3.05) is 39.8 Å². The molecule has 4 aromatic carbocycles. The molecule has 56 heavy (non-hydrogen) atoms. The van der Waals surface area contributed by atoms with Crippen LogP contribution in [0.5, 0.6) is 0 Å². The van der Waals surface area contributed by atoms with E-state index in [1.165, 1.54) is 5.56 Å². The molecule has 6 nitrogen and oxygen atoms in total. The molecule has 2 saturated heterocycles.